The second-order valence-corrected chi connectivity index (χ2v) is 6.16. The Morgan fingerprint density at radius 1 is 1.06 bits per heavy atom. The molecule has 2 fully saturated rings. The zero-order valence-electron chi connectivity index (χ0n) is 11.6. The number of benzene rings is 1. The van der Waals surface area contributed by atoms with Crippen molar-refractivity contribution < 1.29 is 0 Å². The van der Waals surface area contributed by atoms with E-state index in [-0.39, 0.29) is 0 Å². The van der Waals surface area contributed by atoms with Crippen molar-refractivity contribution in [2.45, 2.75) is 33.1 Å². The van der Waals surface area contributed by atoms with E-state index in [0.29, 0.717) is 5.41 Å². The Morgan fingerprint density at radius 2 is 1.72 bits per heavy atom. The van der Waals surface area contributed by atoms with Gasteiger partial charge in [-0.2, -0.15) is 0 Å². The summed E-state index contributed by atoms with van der Waals surface area (Å²) in [7, 11) is 0. The van der Waals surface area contributed by atoms with Gasteiger partial charge in [-0.25, -0.2) is 0 Å². The van der Waals surface area contributed by atoms with Crippen LogP contribution in [0.1, 0.15) is 30.4 Å². The van der Waals surface area contributed by atoms with Gasteiger partial charge in [0, 0.05) is 18.8 Å². The van der Waals surface area contributed by atoms with E-state index in [0.717, 1.165) is 0 Å². The summed E-state index contributed by atoms with van der Waals surface area (Å²) in [5, 5.41) is 3.49. The van der Waals surface area contributed by atoms with Crippen LogP contribution in [0.2, 0.25) is 0 Å². The molecule has 2 heteroatoms. The predicted molar refractivity (Wildman–Crippen MR) is 77.3 cm³/mol. The number of hydrogen-bond acceptors (Lipinski definition) is 2. The molecule has 1 aromatic rings. The number of anilines is 1. The SMILES string of the molecule is Cc1cccc(C)c1N1CCC2(CCNCC2)C1. The van der Waals surface area contributed by atoms with Crippen molar-refractivity contribution in [1.29, 1.82) is 0 Å². The number of aryl methyl sites for hydroxylation is 2. The largest absolute Gasteiger partial charge is 0.371 e. The maximum atomic E-state index is 3.49. The summed E-state index contributed by atoms with van der Waals surface area (Å²) in [4.78, 5) is 2.63. The third kappa shape index (κ3) is 2.03. The molecule has 1 spiro atoms. The lowest BCUT2D eigenvalue weighted by molar-refractivity contribution is 0.232. The fourth-order valence-corrected chi connectivity index (χ4v) is 3.80. The number of nitrogens with zero attached hydrogens (tertiary/aromatic N) is 1. The molecule has 2 nitrogen and oxygen atoms in total. The first-order chi connectivity index (χ1) is 8.70. The second-order valence-electron chi connectivity index (χ2n) is 6.16. The normalized spacial score (nSPS) is 22.7. The lowest BCUT2D eigenvalue weighted by Gasteiger charge is -2.34. The molecule has 1 aromatic carbocycles. The molecule has 0 unspecified atom stereocenters. The fraction of sp³-hybridized carbons (Fsp3) is 0.625. The second kappa shape index (κ2) is 4.58. The van der Waals surface area contributed by atoms with Crippen LogP contribution in [0.15, 0.2) is 18.2 Å². The van der Waals surface area contributed by atoms with Crippen molar-refractivity contribution in [3.05, 3.63) is 29.3 Å². The molecule has 1 N–H and O–H groups in total. The Balaban J connectivity index is 1.83. The van der Waals surface area contributed by atoms with E-state index >= 15 is 0 Å². The van der Waals surface area contributed by atoms with Gasteiger partial charge in [-0.1, -0.05) is 18.2 Å². The lowest BCUT2D eigenvalue weighted by Crippen LogP contribution is -2.38. The molecule has 0 bridgehead atoms. The minimum Gasteiger partial charge on any atom is -0.371 e. The van der Waals surface area contributed by atoms with Gasteiger partial charge in [0.05, 0.1) is 0 Å². The number of rotatable bonds is 1. The van der Waals surface area contributed by atoms with E-state index in [1.165, 1.54) is 62.3 Å². The molecule has 98 valence electrons. The van der Waals surface area contributed by atoms with Crippen molar-refractivity contribution >= 4 is 5.69 Å². The molecule has 0 saturated carbocycles. The molecular weight excluding hydrogens is 220 g/mol. The first kappa shape index (κ1) is 12.0. The minimum absolute atomic E-state index is 0.597. The van der Waals surface area contributed by atoms with E-state index < -0.39 is 0 Å². The molecule has 2 heterocycles. The predicted octanol–water partition coefficient (Wildman–Crippen LogP) is 2.88. The van der Waals surface area contributed by atoms with Crippen molar-refractivity contribution in [3.63, 3.8) is 0 Å². The molecule has 0 amide bonds. The zero-order valence-corrected chi connectivity index (χ0v) is 11.6. The standard InChI is InChI=1S/C16H24N2/c1-13-4-3-5-14(2)15(13)18-11-8-16(12-18)6-9-17-10-7-16/h3-5,17H,6-12H2,1-2H3. The van der Waals surface area contributed by atoms with Gasteiger partial charge in [0.25, 0.3) is 0 Å². The van der Waals surface area contributed by atoms with Gasteiger partial charge in [0.15, 0.2) is 0 Å². The summed E-state index contributed by atoms with van der Waals surface area (Å²) < 4.78 is 0. The molecule has 0 atom stereocenters. The van der Waals surface area contributed by atoms with Crippen LogP contribution in [0.3, 0.4) is 0 Å². The van der Waals surface area contributed by atoms with Gasteiger partial charge < -0.3 is 10.2 Å². The van der Waals surface area contributed by atoms with Gasteiger partial charge in [-0.3, -0.25) is 0 Å². The quantitative estimate of drug-likeness (QED) is 0.817. The minimum atomic E-state index is 0.597. The van der Waals surface area contributed by atoms with Crippen molar-refractivity contribution in [2.24, 2.45) is 5.41 Å². The van der Waals surface area contributed by atoms with Crippen LogP contribution in [0.4, 0.5) is 5.69 Å². The van der Waals surface area contributed by atoms with Crippen LogP contribution in [0.5, 0.6) is 0 Å². The Labute approximate surface area is 110 Å². The summed E-state index contributed by atoms with van der Waals surface area (Å²) in [5.74, 6) is 0. The van der Waals surface area contributed by atoms with Gasteiger partial charge in [-0.05, 0) is 62.7 Å². The van der Waals surface area contributed by atoms with E-state index in [1.807, 2.05) is 0 Å². The highest BCUT2D eigenvalue weighted by molar-refractivity contribution is 5.59. The lowest BCUT2D eigenvalue weighted by atomic mass is 9.78. The molecule has 18 heavy (non-hydrogen) atoms. The average molecular weight is 244 g/mol. The number of piperidine rings is 1. The van der Waals surface area contributed by atoms with Crippen LogP contribution in [0.25, 0.3) is 0 Å². The van der Waals surface area contributed by atoms with Crippen molar-refractivity contribution in [2.75, 3.05) is 31.1 Å². The first-order valence-electron chi connectivity index (χ1n) is 7.22. The fourth-order valence-electron chi connectivity index (χ4n) is 3.80. The van der Waals surface area contributed by atoms with Crippen LogP contribution in [-0.4, -0.2) is 26.2 Å². The van der Waals surface area contributed by atoms with Gasteiger partial charge in [-0.15, -0.1) is 0 Å². The topological polar surface area (TPSA) is 15.3 Å². The third-order valence-corrected chi connectivity index (χ3v) is 4.86. The van der Waals surface area contributed by atoms with E-state index in [1.54, 1.807) is 0 Å². The molecule has 0 aromatic heterocycles. The molecule has 3 rings (SSSR count). The highest BCUT2D eigenvalue weighted by Crippen LogP contribution is 2.41. The molecule has 2 aliphatic heterocycles. The maximum Gasteiger partial charge on any atom is 0.0425 e. The Morgan fingerprint density at radius 3 is 2.39 bits per heavy atom. The van der Waals surface area contributed by atoms with Gasteiger partial charge in [0.1, 0.15) is 0 Å². The van der Waals surface area contributed by atoms with E-state index in [4.69, 9.17) is 0 Å². The van der Waals surface area contributed by atoms with Crippen LogP contribution in [-0.2, 0) is 0 Å². The molecule has 0 radical (unpaired) electrons. The highest BCUT2D eigenvalue weighted by atomic mass is 15.2. The van der Waals surface area contributed by atoms with Gasteiger partial charge >= 0.3 is 0 Å². The monoisotopic (exact) mass is 244 g/mol. The van der Waals surface area contributed by atoms with Crippen LogP contribution in [0, 0.1) is 19.3 Å². The first-order valence-corrected chi connectivity index (χ1v) is 7.22. The summed E-state index contributed by atoms with van der Waals surface area (Å²) in [6, 6.07) is 6.66. The molecular formula is C16H24N2. The summed E-state index contributed by atoms with van der Waals surface area (Å²) >= 11 is 0. The van der Waals surface area contributed by atoms with Crippen molar-refractivity contribution in [1.82, 2.24) is 5.32 Å². The smallest absolute Gasteiger partial charge is 0.0425 e. The van der Waals surface area contributed by atoms with Crippen molar-refractivity contribution in [3.8, 4) is 0 Å². The number of nitrogens with one attached hydrogen (secondary N) is 1. The maximum absolute atomic E-state index is 3.49. The highest BCUT2D eigenvalue weighted by Gasteiger charge is 2.39. The summed E-state index contributed by atoms with van der Waals surface area (Å²) in [6.07, 6.45) is 4.09. The van der Waals surface area contributed by atoms with Crippen LogP contribution < -0.4 is 10.2 Å². The van der Waals surface area contributed by atoms with Crippen LogP contribution >= 0.6 is 0 Å². The molecule has 2 aliphatic rings. The Kier molecular flexibility index (Phi) is 3.06. The average Bonchev–Trinajstić information content (AvgIpc) is 2.74. The number of para-hydroxylation sites is 1. The Hall–Kier alpha value is -1.02. The summed E-state index contributed by atoms with van der Waals surface area (Å²) in [5.41, 5.74) is 4.95. The number of hydrogen-bond donors (Lipinski definition) is 1. The zero-order chi connectivity index (χ0) is 12.6. The summed E-state index contributed by atoms with van der Waals surface area (Å²) in [6.45, 7) is 9.42. The third-order valence-electron chi connectivity index (χ3n) is 4.86. The van der Waals surface area contributed by atoms with Gasteiger partial charge in [0.2, 0.25) is 0 Å². The van der Waals surface area contributed by atoms with E-state index in [9.17, 15) is 0 Å². The molecule has 0 aliphatic carbocycles. The van der Waals surface area contributed by atoms with E-state index in [2.05, 4.69) is 42.3 Å². The molecule has 2 saturated heterocycles. The Bertz CT molecular complexity index is 412.